The van der Waals surface area contributed by atoms with Gasteiger partial charge in [-0.05, 0) is 12.1 Å². The Balaban J connectivity index is 2.34. The minimum absolute atomic E-state index is 0.712. The number of hydrogen-bond acceptors (Lipinski definition) is 1. The maximum atomic E-state index is 5.08. The van der Waals surface area contributed by atoms with E-state index in [1.165, 1.54) is 0 Å². The van der Waals surface area contributed by atoms with E-state index < -0.39 is 0 Å². The lowest BCUT2D eigenvalue weighted by Crippen LogP contribution is -1.86. The van der Waals surface area contributed by atoms with E-state index in [-0.39, 0.29) is 0 Å². The van der Waals surface area contributed by atoms with Crippen molar-refractivity contribution >= 4 is 5.69 Å². The number of terminal acetylenes is 1. The molecule has 1 aromatic rings. The predicted molar refractivity (Wildman–Crippen MR) is 55.9 cm³/mol. The van der Waals surface area contributed by atoms with Gasteiger partial charge < -0.3 is 5.32 Å². The van der Waals surface area contributed by atoms with Crippen molar-refractivity contribution in [2.24, 2.45) is 0 Å². The smallest absolute Gasteiger partial charge is 0.0459 e. The first-order valence-corrected chi connectivity index (χ1v) is 4.16. The second-order valence-corrected chi connectivity index (χ2v) is 2.50. The van der Waals surface area contributed by atoms with Crippen molar-refractivity contribution < 1.29 is 0 Å². The van der Waals surface area contributed by atoms with Gasteiger partial charge in [0, 0.05) is 24.6 Å². The predicted octanol–water partition coefficient (Wildman–Crippen LogP) is 2.47. The molecule has 0 heterocycles. The second-order valence-electron chi connectivity index (χ2n) is 2.50. The summed E-state index contributed by atoms with van der Waals surface area (Å²) in [6.07, 6.45) is 6.54. The van der Waals surface area contributed by atoms with Crippen LogP contribution >= 0.6 is 0 Å². The Morgan fingerprint density at radius 3 is 2.62 bits per heavy atom. The Kier molecular flexibility index (Phi) is 4.08. The largest absolute Gasteiger partial charge is 0.315 e. The molecule has 0 fully saturated rings. The van der Waals surface area contributed by atoms with E-state index >= 15 is 0 Å². The second kappa shape index (κ2) is 5.75. The number of unbranched alkanes of at least 4 members (excludes halogenated alkanes) is 1. The lowest BCUT2D eigenvalue weighted by atomic mass is 10.3. The molecule has 0 aliphatic heterocycles. The van der Waals surface area contributed by atoms with E-state index in [2.05, 4.69) is 23.2 Å². The van der Waals surface area contributed by atoms with Crippen LogP contribution in [-0.4, -0.2) is 0 Å². The number of benzene rings is 1. The van der Waals surface area contributed by atoms with Gasteiger partial charge in [0.1, 0.15) is 0 Å². The molecule has 64 valence electrons. The topological polar surface area (TPSA) is 12.0 Å². The molecule has 1 aromatic carbocycles. The highest BCUT2D eigenvalue weighted by molar-refractivity contribution is 5.47. The van der Waals surface area contributed by atoms with Gasteiger partial charge in [0.2, 0.25) is 0 Å². The molecule has 1 nitrogen and oxygen atoms in total. The van der Waals surface area contributed by atoms with Gasteiger partial charge in [-0.25, -0.2) is 0 Å². The summed E-state index contributed by atoms with van der Waals surface area (Å²) >= 11 is 0. The number of rotatable bonds is 2. The summed E-state index contributed by atoms with van der Waals surface area (Å²) in [5, 5.41) is 2.97. The van der Waals surface area contributed by atoms with Crippen molar-refractivity contribution in [3.8, 4) is 24.3 Å². The molecule has 0 atom stereocenters. The number of anilines is 1. The fourth-order valence-electron chi connectivity index (χ4n) is 0.835. The highest BCUT2D eigenvalue weighted by Crippen LogP contribution is 2.02. The van der Waals surface area contributed by atoms with Crippen LogP contribution in [0.3, 0.4) is 0 Å². The molecule has 1 rings (SSSR count). The standard InChI is InChI=1S/C12H11N/c1-2-3-4-8-11-13-12-9-6-5-7-10-12/h1,5-7,9-10,13H,3-4H2. The third kappa shape index (κ3) is 3.89. The van der Waals surface area contributed by atoms with Crippen LogP contribution in [0.4, 0.5) is 5.69 Å². The van der Waals surface area contributed by atoms with E-state index in [0.29, 0.717) is 6.42 Å². The summed E-state index contributed by atoms with van der Waals surface area (Å²) < 4.78 is 0. The van der Waals surface area contributed by atoms with Gasteiger partial charge in [-0.1, -0.05) is 24.1 Å². The van der Waals surface area contributed by atoms with Gasteiger partial charge in [-0.15, -0.1) is 12.3 Å². The summed E-state index contributed by atoms with van der Waals surface area (Å²) in [5.74, 6) is 5.47. The van der Waals surface area contributed by atoms with Crippen molar-refractivity contribution in [3.63, 3.8) is 0 Å². The molecule has 0 bridgehead atoms. The summed E-state index contributed by atoms with van der Waals surface area (Å²) in [6.45, 7) is 0. The maximum absolute atomic E-state index is 5.08. The third-order valence-electron chi connectivity index (χ3n) is 1.46. The molecule has 13 heavy (non-hydrogen) atoms. The Morgan fingerprint density at radius 1 is 1.15 bits per heavy atom. The Morgan fingerprint density at radius 2 is 1.92 bits per heavy atom. The number of nitrogens with one attached hydrogen (secondary N) is 1. The van der Waals surface area contributed by atoms with Crippen LogP contribution in [0.25, 0.3) is 0 Å². The lowest BCUT2D eigenvalue weighted by molar-refractivity contribution is 1.12. The average molecular weight is 169 g/mol. The van der Waals surface area contributed by atoms with E-state index in [9.17, 15) is 0 Å². The van der Waals surface area contributed by atoms with E-state index in [4.69, 9.17) is 6.42 Å². The van der Waals surface area contributed by atoms with Crippen LogP contribution in [0.1, 0.15) is 12.8 Å². The molecular formula is C12H11N. The summed E-state index contributed by atoms with van der Waals surface area (Å²) in [7, 11) is 0. The fraction of sp³-hybridized carbons (Fsp3) is 0.167. The summed E-state index contributed by atoms with van der Waals surface area (Å²) in [6, 6.07) is 12.7. The molecular weight excluding hydrogens is 158 g/mol. The molecule has 0 radical (unpaired) electrons. The van der Waals surface area contributed by atoms with E-state index in [1.54, 1.807) is 0 Å². The van der Waals surface area contributed by atoms with Gasteiger partial charge in [0.25, 0.3) is 0 Å². The van der Waals surface area contributed by atoms with Crippen LogP contribution in [0.5, 0.6) is 0 Å². The average Bonchev–Trinajstić information content (AvgIpc) is 2.19. The minimum atomic E-state index is 0.712. The van der Waals surface area contributed by atoms with Crippen molar-refractivity contribution in [1.82, 2.24) is 0 Å². The van der Waals surface area contributed by atoms with Crippen LogP contribution in [-0.2, 0) is 0 Å². The maximum Gasteiger partial charge on any atom is 0.0459 e. The SMILES string of the molecule is C#CCCC#CNc1ccccc1. The van der Waals surface area contributed by atoms with E-state index in [1.807, 2.05) is 30.3 Å². The lowest BCUT2D eigenvalue weighted by Gasteiger charge is -1.94. The highest BCUT2D eigenvalue weighted by atomic mass is 14.8. The molecule has 1 heteroatoms. The van der Waals surface area contributed by atoms with Gasteiger partial charge >= 0.3 is 0 Å². The highest BCUT2D eigenvalue weighted by Gasteiger charge is 1.81. The number of para-hydroxylation sites is 1. The van der Waals surface area contributed by atoms with E-state index in [0.717, 1.165) is 12.1 Å². The van der Waals surface area contributed by atoms with Crippen LogP contribution < -0.4 is 5.32 Å². The Bertz CT molecular complexity index is 335. The zero-order chi connectivity index (χ0) is 9.36. The summed E-state index contributed by atoms with van der Waals surface area (Å²) in [5.41, 5.74) is 1.01. The molecule has 1 N–H and O–H groups in total. The molecule has 0 saturated heterocycles. The quantitative estimate of drug-likeness (QED) is 0.407. The zero-order valence-corrected chi connectivity index (χ0v) is 7.38. The Labute approximate surface area is 79.2 Å². The van der Waals surface area contributed by atoms with Crippen molar-refractivity contribution in [2.75, 3.05) is 5.32 Å². The monoisotopic (exact) mass is 169 g/mol. The fourth-order valence-corrected chi connectivity index (χ4v) is 0.835. The minimum Gasteiger partial charge on any atom is -0.315 e. The first-order chi connectivity index (χ1) is 6.43. The third-order valence-corrected chi connectivity index (χ3v) is 1.46. The first-order valence-electron chi connectivity index (χ1n) is 4.16. The molecule has 0 aromatic heterocycles. The van der Waals surface area contributed by atoms with Crippen molar-refractivity contribution in [3.05, 3.63) is 30.3 Å². The molecule has 0 aliphatic rings. The van der Waals surface area contributed by atoms with Crippen molar-refractivity contribution in [2.45, 2.75) is 12.8 Å². The van der Waals surface area contributed by atoms with Crippen LogP contribution in [0.15, 0.2) is 30.3 Å². The molecule has 0 spiro atoms. The van der Waals surface area contributed by atoms with Gasteiger partial charge in [-0.3, -0.25) is 0 Å². The zero-order valence-electron chi connectivity index (χ0n) is 7.38. The Hall–Kier alpha value is -1.86. The van der Waals surface area contributed by atoms with Crippen LogP contribution in [0.2, 0.25) is 0 Å². The molecule has 0 saturated carbocycles. The van der Waals surface area contributed by atoms with Crippen LogP contribution in [0, 0.1) is 24.3 Å². The van der Waals surface area contributed by atoms with Gasteiger partial charge in [0.15, 0.2) is 0 Å². The molecule has 0 aliphatic carbocycles. The summed E-state index contributed by atoms with van der Waals surface area (Å²) in [4.78, 5) is 0. The van der Waals surface area contributed by atoms with Crippen molar-refractivity contribution in [1.29, 1.82) is 0 Å². The molecule has 0 unspecified atom stereocenters. The normalized spacial score (nSPS) is 7.92. The first kappa shape index (κ1) is 9.23. The van der Waals surface area contributed by atoms with Gasteiger partial charge in [0.05, 0.1) is 0 Å². The molecule has 0 amide bonds. The van der Waals surface area contributed by atoms with Gasteiger partial charge in [-0.2, -0.15) is 0 Å². The number of hydrogen-bond donors (Lipinski definition) is 1.